The average molecular weight is 151 g/mol. The highest BCUT2D eigenvalue weighted by Gasteiger charge is 2.35. The Hall–Kier alpha value is -0.460. The Morgan fingerprint density at radius 2 is 1.82 bits per heavy atom. The number of fused-ring (bicyclic) bond motifs is 1. The minimum absolute atomic E-state index is 1.01. The van der Waals surface area contributed by atoms with E-state index in [1.165, 1.54) is 38.0 Å². The molecule has 62 valence electrons. The summed E-state index contributed by atoms with van der Waals surface area (Å²) in [4.78, 5) is 2.45. The van der Waals surface area contributed by atoms with E-state index in [0.717, 1.165) is 11.8 Å². The lowest BCUT2D eigenvalue weighted by atomic mass is 10.0. The number of likely N-dealkylation sites (tertiary alicyclic amines) is 1. The van der Waals surface area contributed by atoms with E-state index in [2.05, 4.69) is 18.4 Å². The second kappa shape index (κ2) is 2.54. The first-order valence-corrected chi connectivity index (χ1v) is 4.68. The van der Waals surface area contributed by atoms with Gasteiger partial charge in [0.2, 0.25) is 0 Å². The highest BCUT2D eigenvalue weighted by molar-refractivity contribution is 4.98. The molecule has 0 aromatic rings. The van der Waals surface area contributed by atoms with Crippen molar-refractivity contribution >= 4 is 0 Å². The van der Waals surface area contributed by atoms with Crippen LogP contribution < -0.4 is 0 Å². The van der Waals surface area contributed by atoms with E-state index < -0.39 is 0 Å². The summed E-state index contributed by atoms with van der Waals surface area (Å²) in [5, 5.41) is 0. The van der Waals surface area contributed by atoms with Crippen LogP contribution in [0.5, 0.6) is 0 Å². The molecule has 0 N–H and O–H groups in total. The second-order valence-corrected chi connectivity index (χ2v) is 4.09. The molecule has 2 fully saturated rings. The van der Waals surface area contributed by atoms with Crippen molar-refractivity contribution in [2.45, 2.75) is 26.2 Å². The number of hydrogen-bond donors (Lipinski definition) is 0. The minimum Gasteiger partial charge on any atom is -0.375 e. The minimum atomic E-state index is 1.01. The van der Waals surface area contributed by atoms with Crippen molar-refractivity contribution in [2.24, 2.45) is 11.8 Å². The predicted octanol–water partition coefficient (Wildman–Crippen LogP) is 2.25. The van der Waals surface area contributed by atoms with Crippen LogP contribution in [0.1, 0.15) is 26.2 Å². The quantitative estimate of drug-likeness (QED) is 0.555. The van der Waals surface area contributed by atoms with Crippen molar-refractivity contribution in [1.29, 1.82) is 0 Å². The molecule has 2 atom stereocenters. The van der Waals surface area contributed by atoms with Crippen molar-refractivity contribution in [3.8, 4) is 0 Å². The smallest absolute Gasteiger partial charge is 0.0206 e. The molecule has 1 saturated carbocycles. The number of rotatable bonds is 1. The van der Waals surface area contributed by atoms with E-state index >= 15 is 0 Å². The van der Waals surface area contributed by atoms with Gasteiger partial charge in [-0.15, -0.1) is 0 Å². The summed E-state index contributed by atoms with van der Waals surface area (Å²) in [6.07, 6.45) is 4.41. The van der Waals surface area contributed by atoms with Gasteiger partial charge in [0, 0.05) is 18.8 Å². The fourth-order valence-corrected chi connectivity index (χ4v) is 2.55. The molecule has 0 bridgehead atoms. The fraction of sp³-hybridized carbons (Fsp3) is 0.800. The van der Waals surface area contributed by atoms with Gasteiger partial charge < -0.3 is 4.90 Å². The summed E-state index contributed by atoms with van der Waals surface area (Å²) in [6, 6.07) is 0. The van der Waals surface area contributed by atoms with E-state index in [1.807, 2.05) is 0 Å². The van der Waals surface area contributed by atoms with Gasteiger partial charge >= 0.3 is 0 Å². The summed E-state index contributed by atoms with van der Waals surface area (Å²) in [5.41, 5.74) is 1.26. The summed E-state index contributed by atoms with van der Waals surface area (Å²) in [5.74, 6) is 2.01. The van der Waals surface area contributed by atoms with Gasteiger partial charge in [-0.2, -0.15) is 0 Å². The average Bonchev–Trinajstić information content (AvgIpc) is 2.40. The van der Waals surface area contributed by atoms with Crippen LogP contribution in [-0.2, 0) is 0 Å². The molecule has 1 heterocycles. The van der Waals surface area contributed by atoms with Crippen LogP contribution >= 0.6 is 0 Å². The van der Waals surface area contributed by atoms with Crippen LogP contribution in [0.2, 0.25) is 0 Å². The maximum atomic E-state index is 3.99. The normalized spacial score (nSPS) is 35.9. The first-order valence-electron chi connectivity index (χ1n) is 4.68. The van der Waals surface area contributed by atoms with Gasteiger partial charge in [-0.05, 0) is 31.6 Å². The summed E-state index contributed by atoms with van der Waals surface area (Å²) >= 11 is 0. The maximum absolute atomic E-state index is 3.99. The number of nitrogens with zero attached hydrogens (tertiary/aromatic N) is 1. The molecule has 0 radical (unpaired) electrons. The molecule has 2 aliphatic rings. The van der Waals surface area contributed by atoms with Crippen LogP contribution in [-0.4, -0.2) is 18.0 Å². The lowest BCUT2D eigenvalue weighted by Crippen LogP contribution is -2.18. The Morgan fingerprint density at radius 1 is 1.27 bits per heavy atom. The Balaban J connectivity index is 1.99. The predicted molar refractivity (Wildman–Crippen MR) is 47.2 cm³/mol. The Kier molecular flexibility index (Phi) is 1.67. The van der Waals surface area contributed by atoms with Gasteiger partial charge in [0.1, 0.15) is 0 Å². The van der Waals surface area contributed by atoms with Gasteiger partial charge in [-0.1, -0.05) is 13.0 Å². The monoisotopic (exact) mass is 151 g/mol. The number of hydrogen-bond acceptors (Lipinski definition) is 1. The molecule has 1 heteroatoms. The zero-order valence-electron chi connectivity index (χ0n) is 7.34. The molecular formula is C10H17N. The molecular weight excluding hydrogens is 134 g/mol. The maximum Gasteiger partial charge on any atom is 0.0206 e. The zero-order valence-corrected chi connectivity index (χ0v) is 7.34. The van der Waals surface area contributed by atoms with Crippen LogP contribution in [0.15, 0.2) is 12.3 Å². The SMILES string of the molecule is C=C(C)N1C[C@H]2CCC[C@H]2C1. The van der Waals surface area contributed by atoms with Crippen molar-refractivity contribution in [3.63, 3.8) is 0 Å². The van der Waals surface area contributed by atoms with Gasteiger partial charge in [-0.25, -0.2) is 0 Å². The second-order valence-electron chi connectivity index (χ2n) is 4.09. The molecule has 0 amide bonds. The molecule has 11 heavy (non-hydrogen) atoms. The Morgan fingerprint density at radius 3 is 2.27 bits per heavy atom. The van der Waals surface area contributed by atoms with Crippen LogP contribution in [0.3, 0.4) is 0 Å². The third-order valence-corrected chi connectivity index (χ3v) is 3.27. The van der Waals surface area contributed by atoms with Crippen molar-refractivity contribution in [3.05, 3.63) is 12.3 Å². The lowest BCUT2D eigenvalue weighted by molar-refractivity contribution is 0.390. The van der Waals surface area contributed by atoms with Gasteiger partial charge in [0.05, 0.1) is 0 Å². The first kappa shape index (κ1) is 7.20. The zero-order chi connectivity index (χ0) is 7.84. The fourth-order valence-electron chi connectivity index (χ4n) is 2.55. The Bertz CT molecular complexity index is 162. The molecule has 1 nitrogen and oxygen atoms in total. The molecule has 1 aliphatic heterocycles. The van der Waals surface area contributed by atoms with E-state index in [-0.39, 0.29) is 0 Å². The summed E-state index contributed by atoms with van der Waals surface area (Å²) in [6.45, 7) is 8.70. The van der Waals surface area contributed by atoms with E-state index in [1.54, 1.807) is 0 Å². The molecule has 1 aliphatic carbocycles. The number of allylic oxidation sites excluding steroid dienone is 1. The first-order chi connectivity index (χ1) is 5.27. The van der Waals surface area contributed by atoms with Crippen LogP contribution in [0.4, 0.5) is 0 Å². The Labute approximate surface area is 69.1 Å². The highest BCUT2D eigenvalue weighted by Crippen LogP contribution is 2.38. The molecule has 0 aromatic carbocycles. The van der Waals surface area contributed by atoms with Crippen LogP contribution in [0, 0.1) is 11.8 Å². The molecule has 2 rings (SSSR count). The van der Waals surface area contributed by atoms with E-state index in [9.17, 15) is 0 Å². The summed E-state index contributed by atoms with van der Waals surface area (Å²) < 4.78 is 0. The van der Waals surface area contributed by atoms with Gasteiger partial charge in [0.15, 0.2) is 0 Å². The van der Waals surface area contributed by atoms with E-state index in [0.29, 0.717) is 0 Å². The molecule has 0 spiro atoms. The van der Waals surface area contributed by atoms with Gasteiger partial charge in [0.25, 0.3) is 0 Å². The third kappa shape index (κ3) is 1.17. The van der Waals surface area contributed by atoms with Crippen molar-refractivity contribution in [1.82, 2.24) is 4.90 Å². The van der Waals surface area contributed by atoms with Crippen LogP contribution in [0.25, 0.3) is 0 Å². The molecule has 0 unspecified atom stereocenters. The third-order valence-electron chi connectivity index (χ3n) is 3.27. The van der Waals surface area contributed by atoms with Crippen molar-refractivity contribution < 1.29 is 0 Å². The largest absolute Gasteiger partial charge is 0.375 e. The van der Waals surface area contributed by atoms with Crippen molar-refractivity contribution in [2.75, 3.05) is 13.1 Å². The molecule has 0 aromatic heterocycles. The molecule has 1 saturated heterocycles. The topological polar surface area (TPSA) is 3.24 Å². The van der Waals surface area contributed by atoms with E-state index in [4.69, 9.17) is 0 Å². The van der Waals surface area contributed by atoms with Gasteiger partial charge in [-0.3, -0.25) is 0 Å². The standard InChI is InChI=1S/C10H17N/c1-8(2)11-6-9-4-3-5-10(9)7-11/h9-10H,1,3-7H2,2H3/t9-,10+. The highest BCUT2D eigenvalue weighted by atomic mass is 15.2. The lowest BCUT2D eigenvalue weighted by Gasteiger charge is -2.18. The summed E-state index contributed by atoms with van der Waals surface area (Å²) in [7, 11) is 0.